The molecule has 5 heterocycles. The lowest BCUT2D eigenvalue weighted by atomic mass is 10.0. The average molecular weight is 459 g/mol. The van der Waals surface area contributed by atoms with Crippen molar-refractivity contribution in [2.75, 3.05) is 31.5 Å². The van der Waals surface area contributed by atoms with Gasteiger partial charge in [0.05, 0.1) is 21.4 Å². The number of carbonyl (C=O) groups excluding carboxylic acids is 1. The molecule has 168 valence electrons. The number of anilines is 2. The highest BCUT2D eigenvalue weighted by Gasteiger charge is 2.24. The van der Waals surface area contributed by atoms with Crippen molar-refractivity contribution in [2.24, 2.45) is 0 Å². The molecule has 0 saturated carbocycles. The zero-order valence-electron chi connectivity index (χ0n) is 18.4. The number of nitrogens with zero attached hydrogens (tertiary/aromatic N) is 4. The fourth-order valence-corrected chi connectivity index (χ4v) is 5.49. The third-order valence-electron chi connectivity index (χ3n) is 6.59. The second-order valence-electron chi connectivity index (χ2n) is 8.72. The van der Waals surface area contributed by atoms with Crippen LogP contribution in [0.15, 0.2) is 48.1 Å². The molecule has 0 aliphatic carbocycles. The molecule has 2 amide bonds. The summed E-state index contributed by atoms with van der Waals surface area (Å²) in [6.07, 6.45) is 8.33. The highest BCUT2D eigenvalue weighted by atomic mass is 32.1. The summed E-state index contributed by atoms with van der Waals surface area (Å²) in [4.78, 5) is 29.2. The van der Waals surface area contributed by atoms with Crippen molar-refractivity contribution in [3.05, 3.63) is 53.8 Å². The van der Waals surface area contributed by atoms with Gasteiger partial charge in [-0.15, -0.1) is 11.3 Å². The van der Waals surface area contributed by atoms with Crippen LogP contribution in [-0.4, -0.2) is 57.0 Å². The average Bonchev–Trinajstić information content (AvgIpc) is 3.52. The third-order valence-corrected chi connectivity index (χ3v) is 7.39. The zero-order chi connectivity index (χ0) is 22.2. The molecule has 33 heavy (non-hydrogen) atoms. The van der Waals surface area contributed by atoms with Crippen molar-refractivity contribution in [1.29, 1.82) is 0 Å². The van der Waals surface area contributed by atoms with Crippen LogP contribution in [0.4, 0.5) is 16.2 Å². The summed E-state index contributed by atoms with van der Waals surface area (Å²) in [6, 6.07) is 10.6. The molecule has 3 aromatic heterocycles. The second-order valence-corrected chi connectivity index (χ2v) is 9.61. The van der Waals surface area contributed by atoms with Crippen LogP contribution in [0.5, 0.6) is 0 Å². The Balaban J connectivity index is 1.21. The van der Waals surface area contributed by atoms with Gasteiger partial charge in [0.1, 0.15) is 5.65 Å². The number of aromatic nitrogens is 3. The Hall–Kier alpha value is -3.39. The molecule has 4 aromatic rings. The van der Waals surface area contributed by atoms with Gasteiger partial charge in [-0.1, -0.05) is 6.08 Å². The monoisotopic (exact) mass is 458 g/mol. The number of hydrogen-bond donors (Lipinski definition) is 2. The molecule has 0 spiro atoms. The summed E-state index contributed by atoms with van der Waals surface area (Å²) < 4.78 is 1.16. The number of H-pyrrole nitrogens is 1. The van der Waals surface area contributed by atoms with Gasteiger partial charge in [-0.3, -0.25) is 0 Å². The van der Waals surface area contributed by atoms with Crippen molar-refractivity contribution < 1.29 is 4.79 Å². The summed E-state index contributed by atoms with van der Waals surface area (Å²) in [5.41, 5.74) is 8.13. The molecular weight excluding hydrogens is 432 g/mol. The third kappa shape index (κ3) is 3.95. The minimum atomic E-state index is 0.188. The molecule has 7 nitrogen and oxygen atoms in total. The second kappa shape index (κ2) is 8.51. The van der Waals surface area contributed by atoms with Crippen LogP contribution >= 0.6 is 11.3 Å². The first-order valence-electron chi connectivity index (χ1n) is 11.6. The fraction of sp³-hybridized carbons (Fsp3) is 0.320. The number of pyridine rings is 1. The molecule has 0 atom stereocenters. The molecule has 2 N–H and O–H groups in total. The molecule has 0 bridgehead atoms. The molecule has 8 heteroatoms. The first-order valence-corrected chi connectivity index (χ1v) is 12.4. The van der Waals surface area contributed by atoms with E-state index in [1.165, 1.54) is 12.0 Å². The van der Waals surface area contributed by atoms with Crippen molar-refractivity contribution in [1.82, 2.24) is 24.8 Å². The van der Waals surface area contributed by atoms with Crippen LogP contribution in [0, 0.1) is 0 Å². The summed E-state index contributed by atoms with van der Waals surface area (Å²) >= 11 is 1.64. The van der Waals surface area contributed by atoms with Gasteiger partial charge in [-0.05, 0) is 61.6 Å². The highest BCUT2D eigenvalue weighted by molar-refractivity contribution is 7.16. The van der Waals surface area contributed by atoms with E-state index in [0.29, 0.717) is 6.54 Å². The molecule has 1 aromatic carbocycles. The van der Waals surface area contributed by atoms with E-state index < -0.39 is 0 Å². The Morgan fingerprint density at radius 1 is 1.03 bits per heavy atom. The lowest BCUT2D eigenvalue weighted by Crippen LogP contribution is -2.46. The van der Waals surface area contributed by atoms with E-state index in [1.54, 1.807) is 11.3 Å². The highest BCUT2D eigenvalue weighted by Crippen LogP contribution is 2.31. The number of hydrogen-bond acceptors (Lipinski definition) is 5. The van der Waals surface area contributed by atoms with Gasteiger partial charge in [-0.25, -0.2) is 14.8 Å². The van der Waals surface area contributed by atoms with Crippen molar-refractivity contribution >= 4 is 55.6 Å². The molecule has 1 saturated heterocycles. The van der Waals surface area contributed by atoms with Gasteiger partial charge < -0.3 is 20.1 Å². The number of rotatable bonds is 3. The van der Waals surface area contributed by atoms with Crippen LogP contribution in [0.1, 0.15) is 31.4 Å². The maximum Gasteiger partial charge on any atom is 0.320 e. The van der Waals surface area contributed by atoms with E-state index in [0.717, 1.165) is 77.2 Å². The van der Waals surface area contributed by atoms with Crippen LogP contribution in [-0.2, 0) is 0 Å². The lowest BCUT2D eigenvalue weighted by molar-refractivity contribution is 0.147. The number of likely N-dealkylation sites (tertiary alicyclic amines) is 1. The fourth-order valence-electron chi connectivity index (χ4n) is 4.77. The summed E-state index contributed by atoms with van der Waals surface area (Å²) in [6.45, 7) is 3.20. The molecule has 1 fully saturated rings. The van der Waals surface area contributed by atoms with Gasteiger partial charge in [0, 0.05) is 49.1 Å². The number of piperidine rings is 1. The van der Waals surface area contributed by atoms with E-state index >= 15 is 0 Å². The van der Waals surface area contributed by atoms with Gasteiger partial charge in [0.2, 0.25) is 0 Å². The van der Waals surface area contributed by atoms with Gasteiger partial charge >= 0.3 is 6.03 Å². The Bertz CT molecular complexity index is 1350. The number of urea groups is 1. The number of carbonyl (C=O) groups is 1. The number of aromatic amines is 1. The van der Waals surface area contributed by atoms with E-state index in [9.17, 15) is 4.79 Å². The normalized spacial score (nSPS) is 16.9. The topological polar surface area (TPSA) is 77.1 Å². The van der Waals surface area contributed by atoms with Crippen LogP contribution in [0.25, 0.3) is 26.8 Å². The SMILES string of the molecule is O=C(N1CC=C(c2cc3c(Nc4ccc5ncsc5c4)ccnc3[nH]2)CC1)N1CCCCC1. The predicted octanol–water partition coefficient (Wildman–Crippen LogP) is 5.61. The van der Waals surface area contributed by atoms with Gasteiger partial charge in [-0.2, -0.15) is 0 Å². The van der Waals surface area contributed by atoms with Gasteiger partial charge in [0.15, 0.2) is 0 Å². The maximum absolute atomic E-state index is 12.8. The van der Waals surface area contributed by atoms with E-state index in [1.807, 2.05) is 33.6 Å². The Labute approximate surface area is 196 Å². The first-order chi connectivity index (χ1) is 16.2. The van der Waals surface area contributed by atoms with E-state index in [2.05, 4.69) is 44.5 Å². The quantitative estimate of drug-likeness (QED) is 0.418. The van der Waals surface area contributed by atoms with Gasteiger partial charge in [0.25, 0.3) is 0 Å². The van der Waals surface area contributed by atoms with Crippen LogP contribution in [0.2, 0.25) is 0 Å². The van der Waals surface area contributed by atoms with Crippen molar-refractivity contribution in [2.45, 2.75) is 25.7 Å². The van der Waals surface area contributed by atoms with Crippen molar-refractivity contribution in [3.63, 3.8) is 0 Å². The largest absolute Gasteiger partial charge is 0.355 e. The maximum atomic E-state index is 12.8. The molecule has 2 aliphatic rings. The number of nitrogens with one attached hydrogen (secondary N) is 2. The number of benzene rings is 1. The first kappa shape index (κ1) is 20.2. The molecule has 2 aliphatic heterocycles. The minimum Gasteiger partial charge on any atom is -0.355 e. The Kier molecular flexibility index (Phi) is 5.22. The number of thiazole rings is 1. The summed E-state index contributed by atoms with van der Waals surface area (Å²) in [5, 5.41) is 4.60. The number of amides is 2. The van der Waals surface area contributed by atoms with Crippen LogP contribution < -0.4 is 5.32 Å². The zero-order valence-corrected chi connectivity index (χ0v) is 19.2. The smallest absolute Gasteiger partial charge is 0.320 e. The molecule has 0 unspecified atom stereocenters. The Morgan fingerprint density at radius 3 is 2.79 bits per heavy atom. The molecule has 6 rings (SSSR count). The Morgan fingerprint density at radius 2 is 1.94 bits per heavy atom. The number of fused-ring (bicyclic) bond motifs is 2. The van der Waals surface area contributed by atoms with Crippen LogP contribution in [0.3, 0.4) is 0 Å². The minimum absolute atomic E-state index is 0.188. The predicted molar refractivity (Wildman–Crippen MR) is 134 cm³/mol. The van der Waals surface area contributed by atoms with E-state index in [4.69, 9.17) is 0 Å². The van der Waals surface area contributed by atoms with Crippen molar-refractivity contribution in [3.8, 4) is 0 Å². The summed E-state index contributed by atoms with van der Waals surface area (Å²) in [5.74, 6) is 0. The molecular formula is C25H26N6OS. The molecule has 0 radical (unpaired) electrons. The lowest BCUT2D eigenvalue weighted by Gasteiger charge is -2.34. The summed E-state index contributed by atoms with van der Waals surface area (Å²) in [7, 11) is 0. The van der Waals surface area contributed by atoms with E-state index in [-0.39, 0.29) is 6.03 Å². The standard InChI is InChI=1S/C25H26N6OS/c32-25(30-10-2-1-3-11-30)31-12-7-17(8-13-31)22-15-19-20(6-9-26-24(19)29-22)28-18-4-5-21-23(14-18)33-16-27-21/h4-7,9,14-16H,1-3,8,10-13H2,(H2,26,28,29).